The van der Waals surface area contributed by atoms with Crippen molar-refractivity contribution in [1.29, 1.82) is 0 Å². The van der Waals surface area contributed by atoms with Crippen molar-refractivity contribution in [1.82, 2.24) is 20.5 Å². The van der Waals surface area contributed by atoms with Crippen LogP contribution in [0.3, 0.4) is 0 Å². The maximum Gasteiger partial charge on any atom is 0.216 e. The van der Waals surface area contributed by atoms with Crippen LogP contribution in [0, 0.1) is 13.8 Å². The molecule has 0 saturated carbocycles. The Hall–Kier alpha value is -1.60. The monoisotopic (exact) mass is 337 g/mol. The number of rotatable bonds is 6. The summed E-state index contributed by atoms with van der Waals surface area (Å²) in [6.07, 6.45) is 0. The second-order valence-electron chi connectivity index (χ2n) is 6.34. The van der Waals surface area contributed by atoms with Gasteiger partial charge >= 0.3 is 0 Å². The minimum Gasteiger partial charge on any atom is -0.444 e. The molecule has 1 aliphatic heterocycles. The van der Waals surface area contributed by atoms with Gasteiger partial charge in [0.2, 0.25) is 5.89 Å². The molecule has 1 aromatic rings. The lowest BCUT2D eigenvalue weighted by Gasteiger charge is -2.38. The van der Waals surface area contributed by atoms with Crippen LogP contribution in [0.25, 0.3) is 0 Å². The summed E-state index contributed by atoms with van der Waals surface area (Å²) in [4.78, 5) is 11.4. The molecule has 1 aliphatic rings. The Morgan fingerprint density at radius 1 is 1.42 bits per heavy atom. The zero-order valence-electron chi connectivity index (χ0n) is 15.6. The predicted molar refractivity (Wildman–Crippen MR) is 95.2 cm³/mol. The Balaban J connectivity index is 1.88. The molecule has 7 nitrogen and oxygen atoms in total. The number of morpholine rings is 1. The summed E-state index contributed by atoms with van der Waals surface area (Å²) < 4.78 is 11.1. The largest absolute Gasteiger partial charge is 0.444 e. The molecule has 2 rings (SSSR count). The van der Waals surface area contributed by atoms with Crippen molar-refractivity contribution in [3.8, 4) is 0 Å². The van der Waals surface area contributed by atoms with Crippen molar-refractivity contribution in [3.05, 3.63) is 17.3 Å². The first-order valence-corrected chi connectivity index (χ1v) is 8.79. The van der Waals surface area contributed by atoms with Gasteiger partial charge in [-0.15, -0.1) is 0 Å². The fourth-order valence-electron chi connectivity index (χ4n) is 2.85. The van der Waals surface area contributed by atoms with E-state index < -0.39 is 0 Å². The quantitative estimate of drug-likeness (QED) is 0.605. The minimum absolute atomic E-state index is 0.416. The number of hydrogen-bond donors (Lipinski definition) is 2. The van der Waals surface area contributed by atoms with Crippen LogP contribution in [0.2, 0.25) is 0 Å². The van der Waals surface area contributed by atoms with E-state index in [0.717, 1.165) is 50.3 Å². The second-order valence-corrected chi connectivity index (χ2v) is 6.34. The fourth-order valence-corrected chi connectivity index (χ4v) is 2.85. The highest BCUT2D eigenvalue weighted by molar-refractivity contribution is 5.79. The van der Waals surface area contributed by atoms with E-state index in [9.17, 15) is 0 Å². The first-order valence-electron chi connectivity index (χ1n) is 8.79. The van der Waals surface area contributed by atoms with E-state index in [0.29, 0.717) is 24.5 Å². The van der Waals surface area contributed by atoms with E-state index in [1.54, 1.807) is 0 Å². The Labute approximate surface area is 144 Å². The van der Waals surface area contributed by atoms with Crippen molar-refractivity contribution in [3.63, 3.8) is 0 Å². The molecule has 0 radical (unpaired) electrons. The van der Waals surface area contributed by atoms with Gasteiger partial charge in [0, 0.05) is 31.7 Å². The molecular weight excluding hydrogens is 306 g/mol. The SMILES string of the molecule is CCNC(=NCc1nc(C)c(C)o1)NCC(C)N1CCOCC1C. The molecule has 1 saturated heterocycles. The molecule has 0 amide bonds. The Morgan fingerprint density at radius 3 is 2.83 bits per heavy atom. The molecule has 0 spiro atoms. The molecule has 0 bridgehead atoms. The van der Waals surface area contributed by atoms with Crippen LogP contribution in [0.15, 0.2) is 9.41 Å². The van der Waals surface area contributed by atoms with E-state index in [4.69, 9.17) is 9.15 Å². The van der Waals surface area contributed by atoms with Gasteiger partial charge in [-0.25, -0.2) is 9.98 Å². The Bertz CT molecular complexity index is 524. The number of nitrogens with zero attached hydrogens (tertiary/aromatic N) is 3. The van der Waals surface area contributed by atoms with Crippen LogP contribution in [-0.4, -0.2) is 60.8 Å². The average Bonchev–Trinajstić information content (AvgIpc) is 2.88. The highest BCUT2D eigenvalue weighted by Gasteiger charge is 2.23. The van der Waals surface area contributed by atoms with Crippen molar-refractivity contribution < 1.29 is 9.15 Å². The number of aliphatic imine (C=N–C) groups is 1. The third kappa shape index (κ3) is 5.21. The van der Waals surface area contributed by atoms with Crippen molar-refractivity contribution >= 4 is 5.96 Å². The Kier molecular flexibility index (Phi) is 7.05. The van der Waals surface area contributed by atoms with Gasteiger partial charge in [-0.3, -0.25) is 4.90 Å². The number of guanidine groups is 1. The van der Waals surface area contributed by atoms with Gasteiger partial charge in [0.1, 0.15) is 12.3 Å². The normalized spacial score (nSPS) is 20.9. The zero-order valence-corrected chi connectivity index (χ0v) is 15.6. The van der Waals surface area contributed by atoms with Gasteiger partial charge in [-0.1, -0.05) is 0 Å². The van der Waals surface area contributed by atoms with Gasteiger partial charge < -0.3 is 19.8 Å². The van der Waals surface area contributed by atoms with Crippen LogP contribution in [0.4, 0.5) is 0 Å². The standard InChI is InChI=1S/C17H31N5O2/c1-6-18-17(20-10-16-21-14(4)15(5)24-16)19-9-12(2)22-7-8-23-11-13(22)3/h12-13H,6-11H2,1-5H3,(H2,18,19,20). The van der Waals surface area contributed by atoms with E-state index >= 15 is 0 Å². The topological polar surface area (TPSA) is 74.9 Å². The number of nitrogens with one attached hydrogen (secondary N) is 2. The first-order chi connectivity index (χ1) is 11.5. The average molecular weight is 337 g/mol. The third-order valence-electron chi connectivity index (χ3n) is 4.34. The molecule has 0 aliphatic carbocycles. The summed E-state index contributed by atoms with van der Waals surface area (Å²) in [6, 6.07) is 0.868. The summed E-state index contributed by atoms with van der Waals surface area (Å²) in [5, 5.41) is 6.69. The van der Waals surface area contributed by atoms with Crippen LogP contribution >= 0.6 is 0 Å². The van der Waals surface area contributed by atoms with Gasteiger partial charge in [0.25, 0.3) is 0 Å². The molecule has 136 valence electrons. The predicted octanol–water partition coefficient (Wildman–Crippen LogP) is 1.46. The van der Waals surface area contributed by atoms with E-state index in [-0.39, 0.29) is 0 Å². The van der Waals surface area contributed by atoms with Crippen molar-refractivity contribution in [2.75, 3.05) is 32.8 Å². The molecule has 0 aromatic carbocycles. The van der Waals surface area contributed by atoms with Crippen LogP contribution in [0.1, 0.15) is 38.1 Å². The maximum atomic E-state index is 5.58. The lowest BCUT2D eigenvalue weighted by Crippen LogP contribution is -2.53. The number of hydrogen-bond acceptors (Lipinski definition) is 5. The van der Waals surface area contributed by atoms with Crippen molar-refractivity contribution in [2.24, 2.45) is 4.99 Å². The fraction of sp³-hybridized carbons (Fsp3) is 0.765. The third-order valence-corrected chi connectivity index (χ3v) is 4.34. The van der Waals surface area contributed by atoms with E-state index in [2.05, 4.69) is 46.3 Å². The van der Waals surface area contributed by atoms with Gasteiger partial charge in [0.15, 0.2) is 5.96 Å². The highest BCUT2D eigenvalue weighted by Crippen LogP contribution is 2.10. The number of ether oxygens (including phenoxy) is 1. The number of aromatic nitrogens is 1. The summed E-state index contributed by atoms with van der Waals surface area (Å²) in [6.45, 7) is 15.1. The van der Waals surface area contributed by atoms with Crippen LogP contribution in [0.5, 0.6) is 0 Å². The van der Waals surface area contributed by atoms with E-state index in [1.807, 2.05) is 13.8 Å². The smallest absolute Gasteiger partial charge is 0.216 e. The molecule has 24 heavy (non-hydrogen) atoms. The molecule has 2 N–H and O–H groups in total. The zero-order chi connectivity index (χ0) is 17.5. The first kappa shape index (κ1) is 18.7. The molecule has 2 unspecified atom stereocenters. The molecule has 1 fully saturated rings. The second kappa shape index (κ2) is 9.03. The maximum absolute atomic E-state index is 5.58. The van der Waals surface area contributed by atoms with Gasteiger partial charge in [0.05, 0.1) is 18.9 Å². The summed E-state index contributed by atoms with van der Waals surface area (Å²) in [7, 11) is 0. The van der Waals surface area contributed by atoms with Gasteiger partial charge in [-0.05, 0) is 34.6 Å². The highest BCUT2D eigenvalue weighted by atomic mass is 16.5. The number of aryl methyl sites for hydroxylation is 2. The lowest BCUT2D eigenvalue weighted by molar-refractivity contribution is -0.0174. The minimum atomic E-state index is 0.416. The van der Waals surface area contributed by atoms with Crippen LogP contribution in [-0.2, 0) is 11.3 Å². The van der Waals surface area contributed by atoms with Gasteiger partial charge in [-0.2, -0.15) is 0 Å². The lowest BCUT2D eigenvalue weighted by atomic mass is 10.2. The molecule has 1 aromatic heterocycles. The summed E-state index contributed by atoms with van der Waals surface area (Å²) in [5.41, 5.74) is 0.924. The molecule has 2 atom stereocenters. The summed E-state index contributed by atoms with van der Waals surface area (Å²) >= 11 is 0. The molecule has 2 heterocycles. The molecular formula is C17H31N5O2. The van der Waals surface area contributed by atoms with Crippen LogP contribution < -0.4 is 10.6 Å². The summed E-state index contributed by atoms with van der Waals surface area (Å²) in [5.74, 6) is 2.30. The Morgan fingerprint density at radius 2 is 2.21 bits per heavy atom. The van der Waals surface area contributed by atoms with Crippen molar-refractivity contribution in [2.45, 2.75) is 53.2 Å². The molecule has 7 heteroatoms. The number of oxazole rings is 1. The van der Waals surface area contributed by atoms with E-state index in [1.165, 1.54) is 0 Å².